The zero-order valence-corrected chi connectivity index (χ0v) is 24.8. The minimum atomic E-state index is -0.378. The summed E-state index contributed by atoms with van der Waals surface area (Å²) >= 11 is 7.55. The molecule has 2 aromatic carbocycles. The lowest BCUT2D eigenvalue weighted by molar-refractivity contribution is -0.384. The molecule has 210 valence electrons. The van der Waals surface area contributed by atoms with Gasteiger partial charge in [0.2, 0.25) is 0 Å². The summed E-state index contributed by atoms with van der Waals surface area (Å²) in [5.74, 6) is 0. The zero-order valence-electron chi connectivity index (χ0n) is 23.2. The molecule has 6 rings (SSSR count). The third-order valence-electron chi connectivity index (χ3n) is 8.28. The van der Waals surface area contributed by atoms with Crippen LogP contribution in [0.2, 0.25) is 0 Å². The Kier molecular flexibility index (Phi) is 7.81. The van der Waals surface area contributed by atoms with Gasteiger partial charge in [0.05, 0.1) is 22.7 Å². The number of pyridine rings is 1. The molecule has 2 fully saturated rings. The molecule has 2 atom stereocenters. The van der Waals surface area contributed by atoms with Crippen LogP contribution in [0, 0.1) is 24.0 Å². The number of nitro groups is 1. The first-order valence-corrected chi connectivity index (χ1v) is 15.3. The van der Waals surface area contributed by atoms with Crippen molar-refractivity contribution in [1.82, 2.24) is 14.9 Å². The van der Waals surface area contributed by atoms with Gasteiger partial charge in [-0.3, -0.25) is 15.1 Å². The minimum absolute atomic E-state index is 0.0471. The smallest absolute Gasteiger partial charge is 0.269 e. The molecule has 0 unspecified atom stereocenters. The van der Waals surface area contributed by atoms with E-state index in [1.165, 1.54) is 61.2 Å². The highest BCUT2D eigenvalue weighted by Gasteiger charge is 2.42. The Hall–Kier alpha value is -3.69. The van der Waals surface area contributed by atoms with E-state index in [2.05, 4.69) is 65.0 Å². The highest BCUT2D eigenvalue weighted by Crippen LogP contribution is 2.45. The van der Waals surface area contributed by atoms with Crippen LogP contribution < -0.4 is 10.2 Å². The van der Waals surface area contributed by atoms with Crippen LogP contribution in [0.1, 0.15) is 72.9 Å². The molecule has 2 aromatic heterocycles. The Bertz CT molecular complexity index is 1550. The predicted octanol–water partition coefficient (Wildman–Crippen LogP) is 8.24. The maximum Gasteiger partial charge on any atom is 0.269 e. The SMILES string of the molecule is Cc1cc([C@H]2[C@H](c3ccccn3)NC(=S)N2c2ccc(Sc3ccc([N+](=O)[O-])cc3)cc2)c(C)n1C1CCCCC1. The van der Waals surface area contributed by atoms with Crippen LogP contribution in [-0.4, -0.2) is 19.6 Å². The minimum Gasteiger partial charge on any atom is -0.351 e. The Morgan fingerprint density at radius 3 is 2.29 bits per heavy atom. The highest BCUT2D eigenvalue weighted by atomic mass is 32.2. The van der Waals surface area contributed by atoms with E-state index in [1.807, 2.05) is 18.3 Å². The van der Waals surface area contributed by atoms with Crippen molar-refractivity contribution in [2.75, 3.05) is 4.90 Å². The van der Waals surface area contributed by atoms with E-state index in [4.69, 9.17) is 17.2 Å². The van der Waals surface area contributed by atoms with Crippen molar-refractivity contribution in [3.05, 3.63) is 112 Å². The summed E-state index contributed by atoms with van der Waals surface area (Å²) in [6.07, 6.45) is 8.22. The van der Waals surface area contributed by atoms with Gasteiger partial charge in [-0.25, -0.2) is 0 Å². The average Bonchev–Trinajstić information content (AvgIpc) is 3.49. The topological polar surface area (TPSA) is 76.2 Å². The largest absolute Gasteiger partial charge is 0.351 e. The van der Waals surface area contributed by atoms with Gasteiger partial charge in [0, 0.05) is 51.2 Å². The molecule has 1 N–H and O–H groups in total. The fraction of sp³-hybridized carbons (Fsp3) is 0.312. The molecule has 1 aliphatic carbocycles. The lowest BCUT2D eigenvalue weighted by Gasteiger charge is -2.30. The molecule has 0 spiro atoms. The predicted molar refractivity (Wildman–Crippen MR) is 168 cm³/mol. The number of hydrogen-bond donors (Lipinski definition) is 1. The Labute approximate surface area is 250 Å². The van der Waals surface area contributed by atoms with Crippen LogP contribution in [0.4, 0.5) is 11.4 Å². The van der Waals surface area contributed by atoms with Gasteiger partial charge in [-0.15, -0.1) is 0 Å². The Morgan fingerprint density at radius 2 is 1.66 bits per heavy atom. The van der Waals surface area contributed by atoms with Crippen molar-refractivity contribution in [2.45, 2.75) is 73.9 Å². The van der Waals surface area contributed by atoms with Crippen LogP contribution >= 0.6 is 24.0 Å². The second-order valence-electron chi connectivity index (χ2n) is 10.8. The van der Waals surface area contributed by atoms with Crippen molar-refractivity contribution in [3.8, 4) is 0 Å². The molecule has 0 amide bonds. The third-order valence-corrected chi connectivity index (χ3v) is 9.61. The maximum atomic E-state index is 11.0. The summed E-state index contributed by atoms with van der Waals surface area (Å²) in [4.78, 5) is 19.6. The fourth-order valence-corrected chi connectivity index (χ4v) is 7.56. The monoisotopic (exact) mass is 583 g/mol. The first-order valence-electron chi connectivity index (χ1n) is 14.1. The van der Waals surface area contributed by atoms with E-state index in [1.54, 1.807) is 23.9 Å². The summed E-state index contributed by atoms with van der Waals surface area (Å²) < 4.78 is 2.56. The molecular formula is C32H33N5O2S2. The van der Waals surface area contributed by atoms with Crippen LogP contribution in [0.3, 0.4) is 0 Å². The first-order chi connectivity index (χ1) is 19.9. The number of thiocarbonyl (C=S) groups is 1. The second-order valence-corrected chi connectivity index (χ2v) is 12.4. The van der Waals surface area contributed by atoms with E-state index in [9.17, 15) is 10.1 Å². The molecule has 0 radical (unpaired) electrons. The number of aryl methyl sites for hydroxylation is 1. The van der Waals surface area contributed by atoms with Gasteiger partial charge in [-0.2, -0.15) is 0 Å². The summed E-state index contributed by atoms with van der Waals surface area (Å²) in [7, 11) is 0. The fourth-order valence-electron chi connectivity index (χ4n) is 6.40. The van der Waals surface area contributed by atoms with Gasteiger partial charge in [0.1, 0.15) is 0 Å². The quantitative estimate of drug-likeness (QED) is 0.133. The van der Waals surface area contributed by atoms with E-state index in [0.29, 0.717) is 11.2 Å². The lowest BCUT2D eigenvalue weighted by Crippen LogP contribution is -2.29. The van der Waals surface area contributed by atoms with Crippen molar-refractivity contribution < 1.29 is 4.92 Å². The third kappa shape index (κ3) is 5.48. The van der Waals surface area contributed by atoms with Crippen LogP contribution in [-0.2, 0) is 0 Å². The van der Waals surface area contributed by atoms with E-state index in [-0.39, 0.29) is 22.7 Å². The average molecular weight is 584 g/mol. The van der Waals surface area contributed by atoms with Gasteiger partial charge in [-0.1, -0.05) is 37.1 Å². The van der Waals surface area contributed by atoms with Gasteiger partial charge >= 0.3 is 0 Å². The van der Waals surface area contributed by atoms with Gasteiger partial charge in [0.25, 0.3) is 5.69 Å². The summed E-state index contributed by atoms with van der Waals surface area (Å²) in [6.45, 7) is 4.49. The number of nitrogens with zero attached hydrogens (tertiary/aromatic N) is 4. The molecule has 4 aromatic rings. The number of hydrogen-bond acceptors (Lipinski definition) is 5. The molecule has 0 bridgehead atoms. The molecule has 1 saturated heterocycles. The zero-order chi connectivity index (χ0) is 28.5. The molecule has 2 aliphatic rings. The Balaban J connectivity index is 1.34. The molecule has 1 saturated carbocycles. The van der Waals surface area contributed by atoms with Crippen molar-refractivity contribution in [3.63, 3.8) is 0 Å². The number of anilines is 1. The first kappa shape index (κ1) is 27.5. The standard InChI is InChI=1S/C32H33N5O2S2/c1-21-20-28(22(2)35(21)23-8-4-3-5-9-23)31-30(29-10-6-7-19-33-29)34-32(40)36(31)24-11-15-26(16-12-24)41-27-17-13-25(14-18-27)37(38)39/h6-7,10-20,23,30-31H,3-5,8-9H2,1-2H3,(H,34,40)/t30-,31-/m0/s1. The van der Waals surface area contributed by atoms with Gasteiger partial charge < -0.3 is 14.8 Å². The van der Waals surface area contributed by atoms with Gasteiger partial charge in [-0.05, 0) is 99.1 Å². The molecular weight excluding hydrogens is 551 g/mol. The number of rotatable bonds is 7. The van der Waals surface area contributed by atoms with E-state index in [0.717, 1.165) is 21.2 Å². The van der Waals surface area contributed by atoms with Crippen LogP contribution in [0.15, 0.2) is 88.8 Å². The summed E-state index contributed by atoms with van der Waals surface area (Å²) in [5.41, 5.74) is 5.96. The maximum absolute atomic E-state index is 11.0. The molecule has 1 aliphatic heterocycles. The number of nitrogens with one attached hydrogen (secondary N) is 1. The Morgan fingerprint density at radius 1 is 0.976 bits per heavy atom. The molecule has 9 heteroatoms. The molecule has 41 heavy (non-hydrogen) atoms. The summed E-state index contributed by atoms with van der Waals surface area (Å²) in [5, 5.41) is 15.3. The highest BCUT2D eigenvalue weighted by molar-refractivity contribution is 7.99. The number of benzene rings is 2. The number of aromatic nitrogens is 2. The van der Waals surface area contributed by atoms with Crippen molar-refractivity contribution in [1.29, 1.82) is 0 Å². The van der Waals surface area contributed by atoms with Crippen molar-refractivity contribution >= 4 is 40.5 Å². The van der Waals surface area contributed by atoms with Gasteiger partial charge in [0.15, 0.2) is 5.11 Å². The van der Waals surface area contributed by atoms with Crippen molar-refractivity contribution in [2.24, 2.45) is 0 Å². The molecule has 3 heterocycles. The van der Waals surface area contributed by atoms with E-state index >= 15 is 0 Å². The van der Waals surface area contributed by atoms with Crippen LogP contribution in [0.5, 0.6) is 0 Å². The normalized spacial score (nSPS) is 19.4. The number of non-ortho nitro benzene ring substituents is 1. The number of nitro benzene ring substituents is 1. The van der Waals surface area contributed by atoms with Crippen LogP contribution in [0.25, 0.3) is 0 Å². The van der Waals surface area contributed by atoms with E-state index < -0.39 is 0 Å². The lowest BCUT2D eigenvalue weighted by atomic mass is 9.94. The molecule has 7 nitrogen and oxygen atoms in total. The second kappa shape index (κ2) is 11.7. The summed E-state index contributed by atoms with van der Waals surface area (Å²) in [6, 6.07) is 23.8.